The molecule has 3 unspecified atom stereocenters. The fourth-order valence-electron chi connectivity index (χ4n) is 4.37. The number of rotatable bonds is 4. The number of carbonyl (C=O) groups is 1. The lowest BCUT2D eigenvalue weighted by Crippen LogP contribution is -2.55. The molecule has 1 aliphatic heterocycles. The van der Waals surface area contributed by atoms with Gasteiger partial charge in [0.15, 0.2) is 5.84 Å². The molecule has 0 aromatic carbocycles. The number of hydrogen-bond donors (Lipinski definition) is 2. The van der Waals surface area contributed by atoms with Gasteiger partial charge in [0.1, 0.15) is 0 Å². The third-order valence-electron chi connectivity index (χ3n) is 5.60. The number of amidine groups is 1. The Bertz CT molecular complexity index is 421. The molecule has 0 bridgehead atoms. The first-order chi connectivity index (χ1) is 10.2. The zero-order valence-electron chi connectivity index (χ0n) is 12.7. The minimum atomic E-state index is -0.0208. The minimum Gasteiger partial charge on any atom is -0.409 e. The van der Waals surface area contributed by atoms with E-state index in [0.29, 0.717) is 23.7 Å². The summed E-state index contributed by atoms with van der Waals surface area (Å²) in [5.41, 5.74) is 5.75. The van der Waals surface area contributed by atoms with Crippen LogP contribution >= 0.6 is 0 Å². The molecule has 1 heterocycles. The summed E-state index contributed by atoms with van der Waals surface area (Å²) in [4.78, 5) is 16.8. The van der Waals surface area contributed by atoms with Crippen LogP contribution in [-0.2, 0) is 4.79 Å². The molecule has 6 heteroatoms. The molecule has 1 saturated heterocycles. The zero-order valence-corrected chi connectivity index (χ0v) is 12.7. The lowest BCUT2D eigenvalue weighted by atomic mass is 10.1. The molecule has 3 N–H and O–H groups in total. The Morgan fingerprint density at radius 1 is 1.29 bits per heavy atom. The Morgan fingerprint density at radius 3 is 2.43 bits per heavy atom. The van der Waals surface area contributed by atoms with Gasteiger partial charge in [-0.25, -0.2) is 0 Å². The van der Waals surface area contributed by atoms with Crippen molar-refractivity contribution in [1.82, 2.24) is 9.80 Å². The van der Waals surface area contributed by atoms with Crippen molar-refractivity contribution < 1.29 is 10.0 Å². The van der Waals surface area contributed by atoms with Gasteiger partial charge in [-0.2, -0.15) is 0 Å². The van der Waals surface area contributed by atoms with Crippen molar-refractivity contribution in [3.05, 3.63) is 0 Å². The van der Waals surface area contributed by atoms with E-state index in [2.05, 4.69) is 10.1 Å². The van der Waals surface area contributed by atoms with Crippen molar-refractivity contribution >= 4 is 11.7 Å². The molecule has 3 atom stereocenters. The van der Waals surface area contributed by atoms with E-state index < -0.39 is 0 Å². The Labute approximate surface area is 125 Å². The summed E-state index contributed by atoms with van der Waals surface area (Å²) < 4.78 is 0. The number of piperazine rings is 1. The smallest absolute Gasteiger partial charge is 0.226 e. The van der Waals surface area contributed by atoms with Gasteiger partial charge in [0.25, 0.3) is 0 Å². The van der Waals surface area contributed by atoms with Gasteiger partial charge in [-0.05, 0) is 31.1 Å². The molecule has 6 nitrogen and oxygen atoms in total. The van der Waals surface area contributed by atoms with Crippen LogP contribution in [0.3, 0.4) is 0 Å². The summed E-state index contributed by atoms with van der Waals surface area (Å²) in [5, 5.41) is 12.0. The van der Waals surface area contributed by atoms with Gasteiger partial charge in [-0.1, -0.05) is 18.5 Å². The number of nitrogens with zero attached hydrogens (tertiary/aromatic N) is 3. The van der Waals surface area contributed by atoms with Crippen molar-refractivity contribution in [3.63, 3.8) is 0 Å². The molecule has 0 radical (unpaired) electrons. The van der Waals surface area contributed by atoms with Crippen LogP contribution in [0.2, 0.25) is 0 Å². The van der Waals surface area contributed by atoms with E-state index >= 15 is 0 Å². The van der Waals surface area contributed by atoms with Crippen LogP contribution < -0.4 is 5.73 Å². The van der Waals surface area contributed by atoms with Crippen LogP contribution in [0.4, 0.5) is 0 Å². The lowest BCUT2D eigenvalue weighted by molar-refractivity contribution is -0.135. The molecule has 3 fully saturated rings. The first kappa shape index (κ1) is 14.6. The van der Waals surface area contributed by atoms with Crippen LogP contribution in [0.25, 0.3) is 0 Å². The van der Waals surface area contributed by atoms with E-state index in [1.165, 1.54) is 19.3 Å². The van der Waals surface area contributed by atoms with Crippen LogP contribution in [0.15, 0.2) is 5.16 Å². The summed E-state index contributed by atoms with van der Waals surface area (Å²) in [7, 11) is 0. The number of hydrogen-bond acceptors (Lipinski definition) is 4. The average Bonchev–Trinajstić information content (AvgIpc) is 2.99. The second-order valence-electron chi connectivity index (χ2n) is 6.59. The normalized spacial score (nSPS) is 34.6. The highest BCUT2D eigenvalue weighted by Crippen LogP contribution is 2.58. The van der Waals surface area contributed by atoms with Gasteiger partial charge in [-0.15, -0.1) is 0 Å². The molecule has 1 amide bonds. The van der Waals surface area contributed by atoms with Gasteiger partial charge in [0, 0.05) is 32.1 Å². The second-order valence-corrected chi connectivity index (χ2v) is 6.59. The van der Waals surface area contributed by atoms with Gasteiger partial charge >= 0.3 is 0 Å². The lowest BCUT2D eigenvalue weighted by Gasteiger charge is -2.38. The Balaban J connectivity index is 1.52. The number of amides is 1. The molecular weight excluding hydrogens is 268 g/mol. The second kappa shape index (κ2) is 5.83. The number of nitrogens with two attached hydrogens (primary N) is 1. The molecule has 21 heavy (non-hydrogen) atoms. The van der Waals surface area contributed by atoms with Crippen molar-refractivity contribution in [3.8, 4) is 0 Å². The molecule has 3 rings (SSSR count). The first-order valence-corrected chi connectivity index (χ1v) is 8.17. The molecule has 0 aromatic rings. The van der Waals surface area contributed by atoms with Crippen LogP contribution in [0.1, 0.15) is 32.6 Å². The van der Waals surface area contributed by atoms with E-state index in [1.807, 2.05) is 11.8 Å². The topological polar surface area (TPSA) is 82.2 Å². The zero-order chi connectivity index (χ0) is 15.0. The fraction of sp³-hybridized carbons (Fsp3) is 0.867. The number of carbonyl (C=O) groups excluding carboxylic acids is 1. The third kappa shape index (κ3) is 2.61. The maximum atomic E-state index is 12.5. The van der Waals surface area contributed by atoms with E-state index in [9.17, 15) is 4.79 Å². The summed E-state index contributed by atoms with van der Waals surface area (Å²) in [5.74, 6) is 2.36. The monoisotopic (exact) mass is 294 g/mol. The predicted octanol–water partition coefficient (Wildman–Crippen LogP) is 0.702. The minimum absolute atomic E-state index is 0.0208. The molecule has 118 valence electrons. The summed E-state index contributed by atoms with van der Waals surface area (Å²) in [6, 6.07) is -0.0208. The van der Waals surface area contributed by atoms with Gasteiger partial charge in [0.2, 0.25) is 5.91 Å². The van der Waals surface area contributed by atoms with Crippen LogP contribution in [0, 0.1) is 17.8 Å². The van der Waals surface area contributed by atoms with E-state index in [-0.39, 0.29) is 11.9 Å². The average molecular weight is 294 g/mol. The van der Waals surface area contributed by atoms with Gasteiger partial charge < -0.3 is 15.8 Å². The molecule has 2 aliphatic carbocycles. The Kier molecular flexibility index (Phi) is 4.06. The van der Waals surface area contributed by atoms with Crippen molar-refractivity contribution in [2.75, 3.05) is 26.2 Å². The molecular formula is C15H26N4O2. The molecule has 3 aliphatic rings. The number of oxime groups is 1. The molecule has 2 saturated carbocycles. The highest BCUT2D eigenvalue weighted by Gasteiger charge is 2.57. The predicted molar refractivity (Wildman–Crippen MR) is 80.0 cm³/mol. The molecule has 0 spiro atoms. The maximum Gasteiger partial charge on any atom is 0.226 e. The van der Waals surface area contributed by atoms with Crippen molar-refractivity contribution in [2.45, 2.75) is 38.6 Å². The largest absolute Gasteiger partial charge is 0.409 e. The van der Waals surface area contributed by atoms with Crippen molar-refractivity contribution in [2.24, 2.45) is 28.6 Å². The Hall–Kier alpha value is -1.30. The van der Waals surface area contributed by atoms with E-state index in [0.717, 1.165) is 32.6 Å². The maximum absolute atomic E-state index is 12.5. The van der Waals surface area contributed by atoms with Crippen LogP contribution in [-0.4, -0.2) is 59.0 Å². The number of fused-ring (bicyclic) bond motifs is 1. The van der Waals surface area contributed by atoms with E-state index in [4.69, 9.17) is 10.9 Å². The summed E-state index contributed by atoms with van der Waals surface area (Å²) in [6.07, 6.45) is 4.63. The fourth-order valence-corrected chi connectivity index (χ4v) is 4.37. The highest BCUT2D eigenvalue weighted by atomic mass is 16.4. The van der Waals surface area contributed by atoms with Crippen LogP contribution in [0.5, 0.6) is 0 Å². The SMILES string of the molecule is CCC(C(N)=NO)N1CCN(C(=O)C2C3CCCC32)CC1. The quantitative estimate of drug-likeness (QED) is 0.346. The van der Waals surface area contributed by atoms with Crippen molar-refractivity contribution in [1.29, 1.82) is 0 Å². The molecule has 0 aromatic heterocycles. The van der Waals surface area contributed by atoms with Gasteiger partial charge in [0.05, 0.1) is 6.04 Å². The highest BCUT2D eigenvalue weighted by molar-refractivity contribution is 5.85. The van der Waals surface area contributed by atoms with Gasteiger partial charge in [-0.3, -0.25) is 9.69 Å². The summed E-state index contributed by atoms with van der Waals surface area (Å²) >= 11 is 0. The summed E-state index contributed by atoms with van der Waals surface area (Å²) in [6.45, 7) is 5.19. The Morgan fingerprint density at radius 2 is 1.90 bits per heavy atom. The van der Waals surface area contributed by atoms with E-state index in [1.54, 1.807) is 0 Å². The standard InChI is InChI=1S/C15H26N4O2/c1-2-12(14(16)17-21)18-6-8-19(9-7-18)15(20)13-10-4-3-5-11(10)13/h10-13,21H,2-9H2,1H3,(H2,16,17). The third-order valence-corrected chi connectivity index (χ3v) is 5.60. The first-order valence-electron chi connectivity index (χ1n) is 8.17.